The van der Waals surface area contributed by atoms with Crippen LogP contribution in [0.25, 0.3) is 0 Å². The minimum absolute atomic E-state index is 0.00837. The Labute approximate surface area is 124 Å². The van der Waals surface area contributed by atoms with Crippen LogP contribution in [-0.4, -0.2) is 60.3 Å². The second kappa shape index (κ2) is 8.64. The molecule has 0 saturated carbocycles. The maximum absolute atomic E-state index is 10.5. The van der Waals surface area contributed by atoms with Crippen molar-refractivity contribution in [2.45, 2.75) is 46.7 Å². The molecule has 0 amide bonds. The fourth-order valence-corrected chi connectivity index (χ4v) is 1.84. The highest BCUT2D eigenvalue weighted by atomic mass is 35.5. The summed E-state index contributed by atoms with van der Waals surface area (Å²) in [7, 11) is 0. The van der Waals surface area contributed by atoms with Gasteiger partial charge in [-0.15, -0.1) is 34.8 Å². The fourth-order valence-electron chi connectivity index (χ4n) is 1.16. The molecule has 6 atom stereocenters. The maximum Gasteiger partial charge on any atom is 0.323 e. The van der Waals surface area contributed by atoms with Crippen molar-refractivity contribution in [3.05, 3.63) is 0 Å². The monoisotopic (exact) mass is 342 g/mol. The van der Waals surface area contributed by atoms with Crippen LogP contribution >= 0.6 is 46.4 Å². The first-order valence-corrected chi connectivity index (χ1v) is 6.76. The maximum atomic E-state index is 10.5. The molecule has 0 heterocycles. The molecule has 0 aromatic carbocycles. The molecule has 0 aliphatic carbocycles. The summed E-state index contributed by atoms with van der Waals surface area (Å²) in [5.74, 6) is -1.39. The number of carbonyl (C=O) groups is 1. The summed E-state index contributed by atoms with van der Waals surface area (Å²) in [6.07, 6.45) is -2.73. The molecule has 0 aromatic heterocycles. The molecule has 0 bridgehead atoms. The number of hydrogen-bond acceptors (Lipinski definition) is 4. The number of alkyl halides is 4. The molecule has 0 aromatic rings. The molecule has 5 nitrogen and oxygen atoms in total. The smallest absolute Gasteiger partial charge is 0.323 e. The van der Waals surface area contributed by atoms with Gasteiger partial charge in [-0.1, -0.05) is 11.6 Å². The van der Waals surface area contributed by atoms with Crippen molar-refractivity contribution in [2.75, 3.05) is 0 Å². The highest BCUT2D eigenvalue weighted by Crippen LogP contribution is 2.21. The Hall–Kier alpha value is 0.510. The molecule has 9 heteroatoms. The van der Waals surface area contributed by atoms with Gasteiger partial charge in [0.05, 0.1) is 23.0 Å². The highest BCUT2D eigenvalue weighted by molar-refractivity contribution is 6.36. The predicted molar refractivity (Wildman–Crippen MR) is 69.7 cm³/mol. The number of halogens is 4. The number of aliphatic carboxylic acids is 1. The Morgan fingerprint density at radius 1 is 1.00 bits per heavy atom. The third kappa shape index (κ3) is 6.10. The van der Waals surface area contributed by atoms with E-state index in [2.05, 4.69) is 0 Å². The topological polar surface area (TPSA) is 98.0 Å². The van der Waals surface area contributed by atoms with Gasteiger partial charge in [0.25, 0.3) is 0 Å². The van der Waals surface area contributed by atoms with Crippen molar-refractivity contribution in [3.8, 4) is 0 Å². The Morgan fingerprint density at radius 3 is 1.89 bits per heavy atom. The van der Waals surface area contributed by atoms with E-state index in [9.17, 15) is 15.0 Å². The Balaban J connectivity index is 4.25. The molecular formula is C9H14Cl4O5. The first-order chi connectivity index (χ1) is 8.18. The number of carboxylic acid groups (broad SMARTS) is 1. The van der Waals surface area contributed by atoms with E-state index in [0.717, 1.165) is 0 Å². The molecule has 18 heavy (non-hydrogen) atoms. The molecular weight excluding hydrogens is 330 g/mol. The number of hydrogen-bond donors (Lipinski definition) is 4. The number of rotatable bonds is 8. The van der Waals surface area contributed by atoms with Crippen LogP contribution in [0.1, 0.15) is 12.8 Å². The van der Waals surface area contributed by atoms with E-state index in [1.165, 1.54) is 0 Å². The van der Waals surface area contributed by atoms with Gasteiger partial charge in [-0.25, -0.2) is 0 Å². The molecule has 0 aliphatic rings. The summed E-state index contributed by atoms with van der Waals surface area (Å²) >= 11 is 22.0. The van der Waals surface area contributed by atoms with Gasteiger partial charge in [-0.05, 0) is 12.8 Å². The Morgan fingerprint density at radius 2 is 1.50 bits per heavy atom. The zero-order valence-corrected chi connectivity index (χ0v) is 12.1. The lowest BCUT2D eigenvalue weighted by molar-refractivity contribution is -0.137. The van der Waals surface area contributed by atoms with Gasteiger partial charge >= 0.3 is 5.97 Å². The molecule has 108 valence electrons. The third-order valence-electron chi connectivity index (χ3n) is 2.27. The molecule has 0 saturated heterocycles. The van der Waals surface area contributed by atoms with E-state index >= 15 is 0 Å². The first kappa shape index (κ1) is 18.5. The molecule has 0 aliphatic heterocycles. The van der Waals surface area contributed by atoms with Crippen LogP contribution in [0.4, 0.5) is 0 Å². The average Bonchev–Trinajstić information content (AvgIpc) is 2.32. The number of aliphatic hydroxyl groups excluding tert-OH is 3. The summed E-state index contributed by atoms with van der Waals surface area (Å²) in [4.78, 5) is 10.5. The van der Waals surface area contributed by atoms with Gasteiger partial charge in [-0.2, -0.15) is 0 Å². The zero-order chi connectivity index (χ0) is 14.5. The summed E-state index contributed by atoms with van der Waals surface area (Å²) in [6.45, 7) is 0. The van der Waals surface area contributed by atoms with Crippen LogP contribution in [0, 0.1) is 0 Å². The predicted octanol–water partition coefficient (Wildman–Crippen LogP) is 0.952. The van der Waals surface area contributed by atoms with Crippen LogP contribution in [0.15, 0.2) is 0 Å². The van der Waals surface area contributed by atoms with E-state index in [4.69, 9.17) is 56.6 Å². The average molecular weight is 344 g/mol. The fraction of sp³-hybridized carbons (Fsp3) is 0.889. The second-order valence-corrected chi connectivity index (χ2v) is 5.69. The first-order valence-electron chi connectivity index (χ1n) is 5.01. The van der Waals surface area contributed by atoms with Crippen LogP contribution in [0.5, 0.6) is 0 Å². The lowest BCUT2D eigenvalue weighted by Gasteiger charge is -2.24. The molecule has 0 rings (SSSR count). The van der Waals surface area contributed by atoms with Crippen LogP contribution in [0.3, 0.4) is 0 Å². The summed E-state index contributed by atoms with van der Waals surface area (Å²) in [5, 5.41) is 33.0. The van der Waals surface area contributed by atoms with Crippen molar-refractivity contribution in [1.82, 2.24) is 0 Å². The second-order valence-electron chi connectivity index (χ2n) is 3.71. The van der Waals surface area contributed by atoms with E-state index in [-0.39, 0.29) is 12.8 Å². The van der Waals surface area contributed by atoms with Gasteiger partial charge in [0.2, 0.25) is 0 Å². The normalized spacial score (nSPS) is 21.7. The highest BCUT2D eigenvalue weighted by Gasteiger charge is 2.34. The summed E-state index contributed by atoms with van der Waals surface area (Å²) in [6, 6.07) is 0. The van der Waals surface area contributed by atoms with Gasteiger partial charge in [0, 0.05) is 0 Å². The van der Waals surface area contributed by atoms with Gasteiger partial charge in [-0.3, -0.25) is 4.79 Å². The SMILES string of the molecule is O=C(O)C(Cl)C(Cl)C(O)C(O)CCC(Cl)C(O)Cl. The van der Waals surface area contributed by atoms with E-state index in [1.54, 1.807) is 0 Å². The Kier molecular flexibility index (Phi) is 8.88. The van der Waals surface area contributed by atoms with E-state index in [1.807, 2.05) is 0 Å². The Bertz CT molecular complexity index is 265. The number of carboxylic acids is 1. The van der Waals surface area contributed by atoms with Crippen LogP contribution < -0.4 is 0 Å². The molecule has 6 unspecified atom stereocenters. The van der Waals surface area contributed by atoms with Crippen LogP contribution in [0.2, 0.25) is 0 Å². The quantitative estimate of drug-likeness (QED) is 0.492. The van der Waals surface area contributed by atoms with Gasteiger partial charge in [0.1, 0.15) is 10.9 Å². The summed E-state index contributed by atoms with van der Waals surface area (Å²) < 4.78 is 0. The van der Waals surface area contributed by atoms with E-state index < -0.39 is 39.9 Å². The minimum atomic E-state index is -1.53. The number of aliphatic hydroxyl groups is 3. The largest absolute Gasteiger partial charge is 0.480 e. The van der Waals surface area contributed by atoms with Crippen LogP contribution in [-0.2, 0) is 4.79 Å². The lowest BCUT2D eigenvalue weighted by Crippen LogP contribution is -2.42. The molecule has 0 radical (unpaired) electrons. The van der Waals surface area contributed by atoms with Crippen molar-refractivity contribution >= 4 is 52.4 Å². The van der Waals surface area contributed by atoms with Gasteiger partial charge in [0.15, 0.2) is 0 Å². The zero-order valence-electron chi connectivity index (χ0n) is 9.09. The van der Waals surface area contributed by atoms with Gasteiger partial charge < -0.3 is 20.4 Å². The molecule has 0 fully saturated rings. The summed E-state index contributed by atoms with van der Waals surface area (Å²) in [5.41, 5.74) is -1.28. The minimum Gasteiger partial charge on any atom is -0.480 e. The van der Waals surface area contributed by atoms with Crippen molar-refractivity contribution in [1.29, 1.82) is 0 Å². The van der Waals surface area contributed by atoms with Crippen molar-refractivity contribution < 1.29 is 25.2 Å². The molecule has 4 N–H and O–H groups in total. The standard InChI is InChI=1S/C9H14Cl4O5/c10-3(8(13)16)1-2-4(14)7(15)5(11)6(12)9(17)18/h3-8,14-16H,1-2H2,(H,17,18). The van der Waals surface area contributed by atoms with E-state index in [0.29, 0.717) is 0 Å². The third-order valence-corrected chi connectivity index (χ3v) is 4.26. The lowest BCUT2D eigenvalue weighted by atomic mass is 10.0. The molecule has 0 spiro atoms. The van der Waals surface area contributed by atoms with Crippen molar-refractivity contribution in [3.63, 3.8) is 0 Å². The van der Waals surface area contributed by atoms with Crippen molar-refractivity contribution in [2.24, 2.45) is 0 Å².